The summed E-state index contributed by atoms with van der Waals surface area (Å²) in [7, 11) is 0. The zero-order valence-corrected chi connectivity index (χ0v) is 13.1. The van der Waals surface area contributed by atoms with E-state index >= 15 is 0 Å². The van der Waals surface area contributed by atoms with Gasteiger partial charge in [-0.15, -0.1) is 11.6 Å². The smallest absolute Gasteiger partial charge is 0.194 e. The second-order valence-corrected chi connectivity index (χ2v) is 8.34. The molecular weight excluding hydrogens is 270 g/mol. The molecule has 0 aromatic carbocycles. The molecule has 1 heterocycles. The van der Waals surface area contributed by atoms with Crippen LogP contribution in [0.1, 0.15) is 63.5 Å². The summed E-state index contributed by atoms with van der Waals surface area (Å²) in [5.41, 5.74) is 0.873. The molecule has 4 aliphatic rings. The largest absolute Gasteiger partial charge is 0.445 e. The lowest BCUT2D eigenvalue weighted by Gasteiger charge is -2.60. The average Bonchev–Trinajstić information content (AvgIpc) is 2.82. The summed E-state index contributed by atoms with van der Waals surface area (Å²) in [4.78, 5) is 4.51. The second kappa shape index (κ2) is 4.50. The fraction of sp³-hybridized carbons (Fsp3) is 0.824. The molecular formula is C17H24ClNO. The first-order valence-electron chi connectivity index (χ1n) is 8.12. The molecule has 5 rings (SSSR count). The Morgan fingerprint density at radius 1 is 1.30 bits per heavy atom. The third kappa shape index (κ3) is 2.03. The third-order valence-electron chi connectivity index (χ3n) is 5.95. The number of alkyl halides is 1. The predicted molar refractivity (Wildman–Crippen MR) is 80.0 cm³/mol. The van der Waals surface area contributed by atoms with Crippen LogP contribution in [0.15, 0.2) is 10.6 Å². The van der Waals surface area contributed by atoms with Crippen molar-refractivity contribution in [3.05, 3.63) is 17.8 Å². The fourth-order valence-electron chi connectivity index (χ4n) is 5.90. The van der Waals surface area contributed by atoms with Crippen molar-refractivity contribution < 1.29 is 4.42 Å². The lowest BCUT2D eigenvalue weighted by atomic mass is 9.44. The van der Waals surface area contributed by atoms with Gasteiger partial charge in [-0.3, -0.25) is 0 Å². The van der Waals surface area contributed by atoms with E-state index in [2.05, 4.69) is 11.9 Å². The highest BCUT2D eigenvalue weighted by atomic mass is 35.5. The summed E-state index contributed by atoms with van der Waals surface area (Å²) < 4.78 is 6.15. The minimum atomic E-state index is 0.311. The molecule has 2 nitrogen and oxygen atoms in total. The monoisotopic (exact) mass is 293 g/mol. The van der Waals surface area contributed by atoms with E-state index in [0.29, 0.717) is 16.7 Å². The van der Waals surface area contributed by atoms with Crippen molar-refractivity contribution in [3.63, 3.8) is 0 Å². The van der Waals surface area contributed by atoms with Gasteiger partial charge >= 0.3 is 0 Å². The Hall–Kier alpha value is -0.500. The van der Waals surface area contributed by atoms with Crippen LogP contribution in [0.3, 0.4) is 0 Å². The molecule has 3 heteroatoms. The molecule has 4 bridgehead atoms. The van der Waals surface area contributed by atoms with Crippen LogP contribution in [0.5, 0.6) is 0 Å². The first kappa shape index (κ1) is 13.2. The quantitative estimate of drug-likeness (QED) is 0.752. The van der Waals surface area contributed by atoms with E-state index in [1.807, 2.05) is 6.20 Å². The Labute approximate surface area is 126 Å². The minimum absolute atomic E-state index is 0.311. The highest BCUT2D eigenvalue weighted by molar-refractivity contribution is 6.17. The average molecular weight is 294 g/mol. The van der Waals surface area contributed by atoms with Gasteiger partial charge in [0.1, 0.15) is 5.76 Å². The van der Waals surface area contributed by atoms with E-state index in [9.17, 15) is 0 Å². The van der Waals surface area contributed by atoms with E-state index in [-0.39, 0.29) is 0 Å². The fourth-order valence-corrected chi connectivity index (χ4v) is 6.03. The van der Waals surface area contributed by atoms with E-state index in [1.165, 1.54) is 44.3 Å². The number of hydrogen-bond donors (Lipinski definition) is 0. The van der Waals surface area contributed by atoms with Gasteiger partial charge in [-0.1, -0.05) is 6.92 Å². The van der Waals surface area contributed by atoms with E-state index in [1.54, 1.807) is 0 Å². The summed E-state index contributed by atoms with van der Waals surface area (Å²) in [6.07, 6.45) is 12.2. The standard InChI is InChI=1S/C17H24ClNO/c1-16-6-12-5-13(7-16)9-17(8-12,11-16)14-10-19-15(20-14)3-2-4-18/h10,12-13H,2-9,11H2,1H3. The first-order valence-corrected chi connectivity index (χ1v) is 8.65. The van der Waals surface area contributed by atoms with Crippen LogP contribution >= 0.6 is 11.6 Å². The Morgan fingerprint density at radius 3 is 2.70 bits per heavy atom. The number of halogens is 1. The molecule has 0 N–H and O–H groups in total. The topological polar surface area (TPSA) is 26.0 Å². The van der Waals surface area contributed by atoms with Gasteiger partial charge in [0.25, 0.3) is 0 Å². The summed E-state index contributed by atoms with van der Waals surface area (Å²) in [6.45, 7) is 2.50. The van der Waals surface area contributed by atoms with Crippen molar-refractivity contribution in [3.8, 4) is 0 Å². The van der Waals surface area contributed by atoms with E-state index in [0.717, 1.165) is 30.6 Å². The van der Waals surface area contributed by atoms with Crippen molar-refractivity contribution in [2.24, 2.45) is 17.3 Å². The molecule has 2 atom stereocenters. The van der Waals surface area contributed by atoms with Crippen LogP contribution in [0.4, 0.5) is 0 Å². The molecule has 110 valence electrons. The normalized spacial score (nSPS) is 42.3. The van der Waals surface area contributed by atoms with Crippen LogP contribution < -0.4 is 0 Å². The zero-order valence-electron chi connectivity index (χ0n) is 12.3. The summed E-state index contributed by atoms with van der Waals surface area (Å²) in [6, 6.07) is 0. The van der Waals surface area contributed by atoms with E-state index < -0.39 is 0 Å². The molecule has 4 aliphatic carbocycles. The van der Waals surface area contributed by atoms with Gasteiger partial charge in [0.2, 0.25) is 0 Å². The highest BCUT2D eigenvalue weighted by Gasteiger charge is 2.57. The predicted octanol–water partition coefficient (Wildman–Crippen LogP) is 4.70. The molecule has 0 saturated heterocycles. The number of nitrogens with zero attached hydrogens (tertiary/aromatic N) is 1. The van der Waals surface area contributed by atoms with Gasteiger partial charge in [-0.05, 0) is 62.2 Å². The molecule has 1 aromatic rings. The lowest BCUT2D eigenvalue weighted by molar-refractivity contribution is -0.0692. The van der Waals surface area contributed by atoms with Crippen molar-refractivity contribution in [1.29, 1.82) is 0 Å². The molecule has 0 amide bonds. The number of aryl methyl sites for hydroxylation is 1. The first-order chi connectivity index (χ1) is 9.61. The molecule has 0 aliphatic heterocycles. The Bertz CT molecular complexity index is 495. The van der Waals surface area contributed by atoms with E-state index in [4.69, 9.17) is 16.0 Å². The molecule has 1 aromatic heterocycles. The van der Waals surface area contributed by atoms with Crippen LogP contribution in [-0.2, 0) is 11.8 Å². The summed E-state index contributed by atoms with van der Waals surface area (Å²) in [5, 5.41) is 0. The maximum Gasteiger partial charge on any atom is 0.194 e. The van der Waals surface area contributed by atoms with Gasteiger partial charge in [-0.2, -0.15) is 0 Å². The maximum atomic E-state index is 6.15. The van der Waals surface area contributed by atoms with Crippen LogP contribution in [0.2, 0.25) is 0 Å². The molecule has 20 heavy (non-hydrogen) atoms. The summed E-state index contributed by atoms with van der Waals surface area (Å²) in [5.74, 6) is 4.62. The molecule has 2 unspecified atom stereocenters. The van der Waals surface area contributed by atoms with Gasteiger partial charge in [0.05, 0.1) is 6.20 Å². The second-order valence-electron chi connectivity index (χ2n) is 7.96. The number of hydrogen-bond acceptors (Lipinski definition) is 2. The Morgan fingerprint density at radius 2 is 2.05 bits per heavy atom. The Kier molecular flexibility index (Phi) is 2.96. The van der Waals surface area contributed by atoms with Crippen molar-refractivity contribution in [2.45, 2.75) is 63.7 Å². The van der Waals surface area contributed by atoms with Crippen LogP contribution in [0, 0.1) is 17.3 Å². The minimum Gasteiger partial charge on any atom is -0.445 e. The molecule has 4 fully saturated rings. The molecule has 4 saturated carbocycles. The van der Waals surface area contributed by atoms with Gasteiger partial charge in [0, 0.05) is 17.7 Å². The van der Waals surface area contributed by atoms with Crippen molar-refractivity contribution in [1.82, 2.24) is 4.98 Å². The van der Waals surface area contributed by atoms with Crippen LogP contribution in [0.25, 0.3) is 0 Å². The third-order valence-corrected chi connectivity index (χ3v) is 6.22. The highest BCUT2D eigenvalue weighted by Crippen LogP contribution is 2.65. The number of oxazole rings is 1. The number of rotatable bonds is 4. The lowest BCUT2D eigenvalue weighted by Crippen LogP contribution is -2.52. The van der Waals surface area contributed by atoms with Crippen molar-refractivity contribution >= 4 is 11.6 Å². The van der Waals surface area contributed by atoms with Gasteiger partial charge in [-0.25, -0.2) is 4.98 Å². The van der Waals surface area contributed by atoms with Gasteiger partial charge < -0.3 is 4.42 Å². The molecule has 0 spiro atoms. The summed E-state index contributed by atoms with van der Waals surface area (Å²) >= 11 is 5.76. The Balaban J connectivity index is 1.62. The molecule has 0 radical (unpaired) electrons. The zero-order chi connectivity index (χ0) is 13.8. The van der Waals surface area contributed by atoms with Crippen molar-refractivity contribution in [2.75, 3.05) is 5.88 Å². The maximum absolute atomic E-state index is 6.15. The van der Waals surface area contributed by atoms with Gasteiger partial charge in [0.15, 0.2) is 5.89 Å². The SMILES string of the molecule is CC12CC3CC(C1)CC(c1cnc(CCCCl)o1)(C3)C2. The van der Waals surface area contributed by atoms with Crippen LogP contribution in [-0.4, -0.2) is 10.9 Å². The number of aromatic nitrogens is 1.